The van der Waals surface area contributed by atoms with Gasteiger partial charge in [-0.05, 0) is 65.1 Å². The highest BCUT2D eigenvalue weighted by Crippen LogP contribution is 2.41. The summed E-state index contributed by atoms with van der Waals surface area (Å²) in [7, 11) is 1.60. The molecule has 130 valence electrons. The normalized spacial score (nSPS) is 20.1. The predicted octanol–water partition coefficient (Wildman–Crippen LogP) is 4.08. The molecule has 1 aliphatic rings. The van der Waals surface area contributed by atoms with Crippen LogP contribution in [0.15, 0.2) is 47.2 Å². The van der Waals surface area contributed by atoms with Gasteiger partial charge in [-0.2, -0.15) is 11.3 Å². The van der Waals surface area contributed by atoms with Gasteiger partial charge in [-0.1, -0.05) is 12.1 Å². The second-order valence-corrected chi connectivity index (χ2v) is 6.68. The topological polar surface area (TPSA) is 52.6 Å². The molecule has 0 fully saturated rings. The Balaban J connectivity index is 2.02. The first-order valence-corrected chi connectivity index (χ1v) is 9.16. The molecular weight excluding hydrogens is 336 g/mol. The largest absolute Gasteiger partial charge is 0.497 e. The fourth-order valence-corrected chi connectivity index (χ4v) is 3.90. The third-order valence-electron chi connectivity index (χ3n) is 4.42. The second kappa shape index (κ2) is 7.66. The van der Waals surface area contributed by atoms with Crippen LogP contribution in [0.1, 0.15) is 30.4 Å². The van der Waals surface area contributed by atoms with E-state index in [1.165, 1.54) is 0 Å². The molecule has 3 rings (SSSR count). The molecule has 0 spiro atoms. The standard InChI is InChI=1S/C20H20O4S/c1-3-24-20(22)19-17(13-5-4-6-16(9-13)23-2)10-15(11-18(19)21)14-7-8-25-12-14/h4-9,11-12,17,19H,3,10H2,1-2H3/t17-,19+/m0/s1. The van der Waals surface area contributed by atoms with Crippen LogP contribution in [0.2, 0.25) is 0 Å². The van der Waals surface area contributed by atoms with Crippen molar-refractivity contribution in [2.24, 2.45) is 5.92 Å². The fraction of sp³-hybridized carbons (Fsp3) is 0.300. The first-order valence-electron chi connectivity index (χ1n) is 8.21. The maximum atomic E-state index is 12.7. The minimum absolute atomic E-state index is 0.196. The summed E-state index contributed by atoms with van der Waals surface area (Å²) in [5.74, 6) is -1.02. The molecule has 2 atom stereocenters. The summed E-state index contributed by atoms with van der Waals surface area (Å²) in [6.07, 6.45) is 2.21. The summed E-state index contributed by atoms with van der Waals surface area (Å²) in [6, 6.07) is 9.55. The Morgan fingerprint density at radius 1 is 1.32 bits per heavy atom. The van der Waals surface area contributed by atoms with Crippen LogP contribution in [-0.4, -0.2) is 25.5 Å². The average Bonchev–Trinajstić information content (AvgIpc) is 3.16. The lowest BCUT2D eigenvalue weighted by molar-refractivity contribution is -0.151. The van der Waals surface area contributed by atoms with Gasteiger partial charge in [-0.15, -0.1) is 0 Å². The summed E-state index contributed by atoms with van der Waals surface area (Å²) >= 11 is 1.59. The Morgan fingerprint density at radius 2 is 2.16 bits per heavy atom. The van der Waals surface area contributed by atoms with Gasteiger partial charge in [-0.3, -0.25) is 9.59 Å². The Morgan fingerprint density at radius 3 is 2.84 bits per heavy atom. The van der Waals surface area contributed by atoms with Gasteiger partial charge in [0.1, 0.15) is 11.7 Å². The number of hydrogen-bond acceptors (Lipinski definition) is 5. The van der Waals surface area contributed by atoms with Crippen LogP contribution in [0, 0.1) is 5.92 Å². The summed E-state index contributed by atoms with van der Waals surface area (Å²) < 4.78 is 10.5. The van der Waals surface area contributed by atoms with Gasteiger partial charge >= 0.3 is 5.97 Å². The molecule has 2 aromatic rings. The molecule has 0 saturated carbocycles. The summed E-state index contributed by atoms with van der Waals surface area (Å²) in [5, 5.41) is 4.01. The van der Waals surface area contributed by atoms with E-state index >= 15 is 0 Å². The molecule has 0 amide bonds. The van der Waals surface area contributed by atoms with Crippen LogP contribution in [0.25, 0.3) is 5.57 Å². The lowest BCUT2D eigenvalue weighted by Crippen LogP contribution is -2.34. The molecule has 25 heavy (non-hydrogen) atoms. The average molecular weight is 356 g/mol. The molecule has 0 aliphatic heterocycles. The van der Waals surface area contributed by atoms with Crippen LogP contribution in [0.4, 0.5) is 0 Å². The van der Waals surface area contributed by atoms with Gasteiger partial charge in [0.15, 0.2) is 5.78 Å². The number of thiophene rings is 1. The van der Waals surface area contributed by atoms with E-state index < -0.39 is 11.9 Å². The molecule has 0 unspecified atom stereocenters. The van der Waals surface area contributed by atoms with Gasteiger partial charge in [0.2, 0.25) is 0 Å². The van der Waals surface area contributed by atoms with E-state index in [1.807, 2.05) is 41.1 Å². The van der Waals surface area contributed by atoms with E-state index in [0.29, 0.717) is 12.2 Å². The third kappa shape index (κ3) is 3.66. The van der Waals surface area contributed by atoms with E-state index in [-0.39, 0.29) is 18.3 Å². The van der Waals surface area contributed by atoms with E-state index in [9.17, 15) is 9.59 Å². The van der Waals surface area contributed by atoms with Crippen LogP contribution in [-0.2, 0) is 14.3 Å². The zero-order valence-corrected chi connectivity index (χ0v) is 15.0. The number of ketones is 1. The molecule has 0 saturated heterocycles. The number of carbonyl (C=O) groups is 2. The van der Waals surface area contributed by atoms with E-state index in [2.05, 4.69) is 0 Å². The van der Waals surface area contributed by atoms with Gasteiger partial charge in [0.25, 0.3) is 0 Å². The SMILES string of the molecule is CCOC(=O)[C@H]1C(=O)C=C(c2ccsc2)C[C@H]1c1cccc(OC)c1. The van der Waals surface area contributed by atoms with Crippen molar-refractivity contribution in [2.45, 2.75) is 19.3 Å². The van der Waals surface area contributed by atoms with Gasteiger partial charge in [0, 0.05) is 5.92 Å². The van der Waals surface area contributed by atoms with Crippen molar-refractivity contribution in [3.05, 3.63) is 58.3 Å². The number of hydrogen-bond donors (Lipinski definition) is 0. The van der Waals surface area contributed by atoms with Crippen molar-refractivity contribution >= 4 is 28.7 Å². The number of rotatable bonds is 5. The quantitative estimate of drug-likeness (QED) is 0.598. The molecule has 1 aromatic carbocycles. The lowest BCUT2D eigenvalue weighted by atomic mass is 9.74. The minimum Gasteiger partial charge on any atom is -0.497 e. The Bertz CT molecular complexity index is 792. The Hall–Kier alpha value is -2.40. The van der Waals surface area contributed by atoms with Gasteiger partial charge < -0.3 is 9.47 Å². The number of ether oxygens (including phenoxy) is 2. The van der Waals surface area contributed by atoms with Crippen molar-refractivity contribution in [1.82, 2.24) is 0 Å². The second-order valence-electron chi connectivity index (χ2n) is 5.90. The Kier molecular flexibility index (Phi) is 5.34. The van der Waals surface area contributed by atoms with Crippen molar-refractivity contribution < 1.29 is 19.1 Å². The number of carbonyl (C=O) groups excluding carboxylic acids is 2. The van der Waals surface area contributed by atoms with Crippen molar-refractivity contribution in [1.29, 1.82) is 0 Å². The number of benzene rings is 1. The summed E-state index contributed by atoms with van der Waals surface area (Å²) in [6.45, 7) is 2.01. The first-order chi connectivity index (χ1) is 12.1. The van der Waals surface area contributed by atoms with Crippen LogP contribution in [0.3, 0.4) is 0 Å². The maximum absolute atomic E-state index is 12.7. The van der Waals surface area contributed by atoms with E-state index in [0.717, 1.165) is 16.7 Å². The molecule has 0 radical (unpaired) electrons. The first kappa shape index (κ1) is 17.4. The van der Waals surface area contributed by atoms with Gasteiger partial charge in [-0.25, -0.2) is 0 Å². The fourth-order valence-electron chi connectivity index (χ4n) is 3.22. The highest BCUT2D eigenvalue weighted by atomic mass is 32.1. The zero-order chi connectivity index (χ0) is 17.8. The molecule has 5 heteroatoms. The summed E-state index contributed by atoms with van der Waals surface area (Å²) in [4.78, 5) is 25.2. The smallest absolute Gasteiger partial charge is 0.317 e. The Labute approximate surface area is 151 Å². The number of allylic oxidation sites excluding steroid dienone is 2. The van der Waals surface area contributed by atoms with E-state index in [1.54, 1.807) is 31.4 Å². The monoisotopic (exact) mass is 356 g/mol. The van der Waals surface area contributed by atoms with Crippen molar-refractivity contribution in [3.8, 4) is 5.75 Å². The maximum Gasteiger partial charge on any atom is 0.317 e. The highest BCUT2D eigenvalue weighted by molar-refractivity contribution is 7.08. The van der Waals surface area contributed by atoms with Gasteiger partial charge in [0.05, 0.1) is 13.7 Å². The van der Waals surface area contributed by atoms with Crippen LogP contribution < -0.4 is 4.74 Å². The lowest BCUT2D eigenvalue weighted by Gasteiger charge is -2.29. The van der Waals surface area contributed by atoms with Crippen LogP contribution in [0.5, 0.6) is 5.75 Å². The molecule has 4 nitrogen and oxygen atoms in total. The summed E-state index contributed by atoms with van der Waals surface area (Å²) in [5.41, 5.74) is 2.90. The van der Waals surface area contributed by atoms with Crippen LogP contribution >= 0.6 is 11.3 Å². The molecule has 1 aliphatic carbocycles. The third-order valence-corrected chi connectivity index (χ3v) is 5.10. The predicted molar refractivity (Wildman–Crippen MR) is 97.8 cm³/mol. The van der Waals surface area contributed by atoms with Crippen molar-refractivity contribution in [3.63, 3.8) is 0 Å². The van der Waals surface area contributed by atoms with E-state index in [4.69, 9.17) is 9.47 Å². The zero-order valence-electron chi connectivity index (χ0n) is 14.2. The molecule has 0 N–H and O–H groups in total. The minimum atomic E-state index is -0.811. The molecule has 1 heterocycles. The number of methoxy groups -OCH3 is 1. The molecule has 0 bridgehead atoms. The van der Waals surface area contributed by atoms with Crippen molar-refractivity contribution in [2.75, 3.05) is 13.7 Å². The highest BCUT2D eigenvalue weighted by Gasteiger charge is 2.39. The molecule has 1 aromatic heterocycles. The number of esters is 1. The molecular formula is C20H20O4S.